The van der Waals surface area contributed by atoms with Crippen LogP contribution in [-0.2, 0) is 6.42 Å². The van der Waals surface area contributed by atoms with Crippen LogP contribution in [0.25, 0.3) is 0 Å². The lowest BCUT2D eigenvalue weighted by Crippen LogP contribution is -2.19. The third kappa shape index (κ3) is 3.54. The van der Waals surface area contributed by atoms with Crippen molar-refractivity contribution in [1.29, 1.82) is 0 Å². The summed E-state index contributed by atoms with van der Waals surface area (Å²) in [7, 11) is 1.67. The maximum Gasteiger partial charge on any atom is 0.154 e. The van der Waals surface area contributed by atoms with E-state index >= 15 is 0 Å². The number of aliphatic imine (C=N–C) groups is 1. The van der Waals surface area contributed by atoms with Crippen LogP contribution in [0, 0.1) is 6.92 Å². The van der Waals surface area contributed by atoms with E-state index in [1.54, 1.807) is 7.11 Å². The Bertz CT molecular complexity index is 1050. The summed E-state index contributed by atoms with van der Waals surface area (Å²) in [6.07, 6.45) is 0.963. The number of fused-ring (bicyclic) bond motifs is 1. The van der Waals surface area contributed by atoms with Gasteiger partial charge in [-0.1, -0.05) is 42.8 Å². The minimum Gasteiger partial charge on any atom is -0.497 e. The molecule has 0 atom stereocenters. The van der Waals surface area contributed by atoms with Gasteiger partial charge in [0.25, 0.3) is 0 Å². The van der Waals surface area contributed by atoms with Gasteiger partial charge in [-0.15, -0.1) is 0 Å². The number of aryl methyl sites for hydroxylation is 2. The number of nitrogens with zero attached hydrogens (tertiary/aromatic N) is 2. The number of nitrogens with one attached hydrogen (secondary N) is 1. The highest BCUT2D eigenvalue weighted by Gasteiger charge is 2.18. The Balaban J connectivity index is 1.83. The molecule has 0 fully saturated rings. The van der Waals surface area contributed by atoms with Crippen LogP contribution in [0.4, 0.5) is 5.69 Å². The Kier molecular flexibility index (Phi) is 4.94. The van der Waals surface area contributed by atoms with Gasteiger partial charge in [0.05, 0.1) is 18.5 Å². The number of ether oxygens (including phenoxy) is 1. The van der Waals surface area contributed by atoms with E-state index in [1.807, 2.05) is 24.3 Å². The summed E-state index contributed by atoms with van der Waals surface area (Å²) in [5.74, 6) is 1.57. The van der Waals surface area contributed by atoms with E-state index in [0.29, 0.717) is 0 Å². The van der Waals surface area contributed by atoms with Crippen LogP contribution in [0.5, 0.6) is 5.75 Å². The van der Waals surface area contributed by atoms with E-state index in [4.69, 9.17) is 14.8 Å². The average Bonchev–Trinajstić information content (AvgIpc) is 2.93. The van der Waals surface area contributed by atoms with Crippen LogP contribution >= 0.6 is 0 Å². The summed E-state index contributed by atoms with van der Waals surface area (Å²) < 4.78 is 5.29. The molecule has 0 amide bonds. The molecule has 140 valence electrons. The number of hydrogen-bond acceptors (Lipinski definition) is 4. The van der Waals surface area contributed by atoms with E-state index in [9.17, 15) is 0 Å². The average molecular weight is 369 g/mol. The van der Waals surface area contributed by atoms with Crippen molar-refractivity contribution >= 4 is 17.2 Å². The van der Waals surface area contributed by atoms with Crippen molar-refractivity contribution in [2.24, 2.45) is 10.1 Å². The van der Waals surface area contributed by atoms with Crippen LogP contribution in [0.15, 0.2) is 76.8 Å². The molecule has 1 aliphatic heterocycles. The maximum absolute atomic E-state index is 5.29. The summed E-state index contributed by atoms with van der Waals surface area (Å²) >= 11 is 0. The number of hydrazone groups is 1. The van der Waals surface area contributed by atoms with Crippen LogP contribution in [-0.4, -0.2) is 18.7 Å². The Labute approximate surface area is 165 Å². The summed E-state index contributed by atoms with van der Waals surface area (Å²) in [5.41, 5.74) is 10.5. The number of amidine groups is 1. The number of rotatable bonds is 4. The fourth-order valence-electron chi connectivity index (χ4n) is 3.21. The molecule has 0 bridgehead atoms. The summed E-state index contributed by atoms with van der Waals surface area (Å²) in [4.78, 5) is 4.89. The fourth-order valence-corrected chi connectivity index (χ4v) is 3.21. The number of methoxy groups -OCH3 is 1. The zero-order valence-electron chi connectivity index (χ0n) is 16.4. The molecule has 3 aromatic rings. The van der Waals surface area contributed by atoms with Gasteiger partial charge in [-0.2, -0.15) is 5.10 Å². The second-order valence-corrected chi connectivity index (χ2v) is 6.83. The highest BCUT2D eigenvalue weighted by atomic mass is 16.5. The molecule has 4 nitrogen and oxygen atoms in total. The Morgan fingerprint density at radius 1 is 0.893 bits per heavy atom. The lowest BCUT2D eigenvalue weighted by molar-refractivity contribution is 0.415. The number of hydrogen-bond donors (Lipinski definition) is 1. The monoisotopic (exact) mass is 369 g/mol. The zero-order chi connectivity index (χ0) is 19.5. The van der Waals surface area contributed by atoms with Gasteiger partial charge in [-0.25, -0.2) is 4.99 Å². The second kappa shape index (κ2) is 7.69. The first kappa shape index (κ1) is 18.0. The topological polar surface area (TPSA) is 46.0 Å². The van der Waals surface area contributed by atoms with Gasteiger partial charge in [0.2, 0.25) is 0 Å². The SMILES string of the molecule is CCc1ccc2c(c1)C(c1ccc(OC)cc1)=NNC(c1ccc(C)cc1)=N2. The minimum atomic E-state index is 0.744. The molecular weight excluding hydrogens is 346 g/mol. The molecule has 0 unspecified atom stereocenters. The molecule has 1 aliphatic rings. The van der Waals surface area contributed by atoms with E-state index in [1.165, 1.54) is 11.1 Å². The predicted molar refractivity (Wildman–Crippen MR) is 115 cm³/mol. The lowest BCUT2D eigenvalue weighted by atomic mass is 9.98. The van der Waals surface area contributed by atoms with Crippen molar-refractivity contribution in [2.75, 3.05) is 7.11 Å². The van der Waals surface area contributed by atoms with Crippen LogP contribution < -0.4 is 10.2 Å². The van der Waals surface area contributed by atoms with E-state index in [-0.39, 0.29) is 0 Å². The molecule has 1 heterocycles. The molecule has 0 spiro atoms. The smallest absolute Gasteiger partial charge is 0.154 e. The van der Waals surface area contributed by atoms with Crippen LogP contribution in [0.3, 0.4) is 0 Å². The zero-order valence-corrected chi connectivity index (χ0v) is 16.4. The molecule has 0 saturated carbocycles. The fraction of sp³-hybridized carbons (Fsp3) is 0.167. The molecule has 28 heavy (non-hydrogen) atoms. The van der Waals surface area contributed by atoms with Gasteiger partial charge >= 0.3 is 0 Å². The summed E-state index contributed by atoms with van der Waals surface area (Å²) in [6, 6.07) is 22.6. The van der Waals surface area contributed by atoms with Crippen molar-refractivity contribution < 1.29 is 4.74 Å². The minimum absolute atomic E-state index is 0.744. The first-order valence-corrected chi connectivity index (χ1v) is 9.45. The van der Waals surface area contributed by atoms with Crippen molar-refractivity contribution in [3.05, 3.63) is 94.5 Å². The standard InChI is InChI=1S/C24H23N3O/c1-4-17-7-14-22-21(15-17)23(18-10-12-20(28-3)13-11-18)26-27-24(25-22)19-8-5-16(2)6-9-19/h5-15H,4H2,1-3H3,(H,25,27). The van der Waals surface area contributed by atoms with Crippen molar-refractivity contribution in [3.8, 4) is 5.75 Å². The molecule has 4 heteroatoms. The molecule has 1 N–H and O–H groups in total. The van der Waals surface area contributed by atoms with Crippen molar-refractivity contribution in [3.63, 3.8) is 0 Å². The van der Waals surface area contributed by atoms with E-state index < -0.39 is 0 Å². The largest absolute Gasteiger partial charge is 0.497 e. The second-order valence-electron chi connectivity index (χ2n) is 6.83. The van der Waals surface area contributed by atoms with Gasteiger partial charge in [0.1, 0.15) is 5.75 Å². The van der Waals surface area contributed by atoms with Gasteiger partial charge in [-0.05, 0) is 55.3 Å². The highest BCUT2D eigenvalue weighted by Crippen LogP contribution is 2.28. The molecule has 4 rings (SSSR count). The molecule has 0 aromatic heterocycles. The predicted octanol–water partition coefficient (Wildman–Crippen LogP) is 5.00. The highest BCUT2D eigenvalue weighted by molar-refractivity contribution is 6.18. The Morgan fingerprint density at radius 2 is 1.61 bits per heavy atom. The molecule has 0 aliphatic carbocycles. The Morgan fingerprint density at radius 3 is 2.29 bits per heavy atom. The third-order valence-electron chi connectivity index (χ3n) is 4.92. The van der Waals surface area contributed by atoms with Crippen LogP contribution in [0.1, 0.15) is 34.7 Å². The van der Waals surface area contributed by atoms with Crippen molar-refractivity contribution in [1.82, 2.24) is 5.43 Å². The van der Waals surface area contributed by atoms with Crippen LogP contribution in [0.2, 0.25) is 0 Å². The number of benzene rings is 3. The maximum atomic E-state index is 5.29. The first-order valence-electron chi connectivity index (χ1n) is 9.45. The van der Waals surface area contributed by atoms with E-state index in [2.05, 4.69) is 61.7 Å². The summed E-state index contributed by atoms with van der Waals surface area (Å²) in [5, 5.41) is 4.74. The van der Waals surface area contributed by atoms with Crippen molar-refractivity contribution in [2.45, 2.75) is 20.3 Å². The molecule has 0 radical (unpaired) electrons. The van der Waals surface area contributed by atoms with Gasteiger partial charge in [0.15, 0.2) is 5.84 Å². The first-order chi connectivity index (χ1) is 13.7. The third-order valence-corrected chi connectivity index (χ3v) is 4.92. The van der Waals surface area contributed by atoms with E-state index in [0.717, 1.165) is 46.1 Å². The van der Waals surface area contributed by atoms with Gasteiger partial charge in [-0.3, -0.25) is 5.43 Å². The van der Waals surface area contributed by atoms with Gasteiger partial charge in [0, 0.05) is 16.7 Å². The van der Waals surface area contributed by atoms with Gasteiger partial charge < -0.3 is 4.74 Å². The molecular formula is C24H23N3O. The summed E-state index contributed by atoms with van der Waals surface area (Å²) in [6.45, 7) is 4.23. The normalized spacial score (nSPS) is 13.0. The Hall–Kier alpha value is -3.40. The lowest BCUT2D eigenvalue weighted by Gasteiger charge is -2.10. The quantitative estimate of drug-likeness (QED) is 0.703. The molecule has 0 saturated heterocycles. The molecule has 3 aromatic carbocycles.